The van der Waals surface area contributed by atoms with Crippen molar-refractivity contribution in [3.63, 3.8) is 0 Å². The van der Waals surface area contributed by atoms with Gasteiger partial charge in [0.15, 0.2) is 0 Å². The predicted octanol–water partition coefficient (Wildman–Crippen LogP) is 0.390. The molecule has 0 spiro atoms. The van der Waals surface area contributed by atoms with Gasteiger partial charge in [0.05, 0.1) is 18.1 Å². The molecular formula is C7H9NO3. The highest BCUT2D eigenvalue weighted by Gasteiger charge is 2.29. The van der Waals surface area contributed by atoms with Gasteiger partial charge in [-0.15, -0.1) is 0 Å². The van der Waals surface area contributed by atoms with Crippen LogP contribution >= 0.6 is 0 Å². The van der Waals surface area contributed by atoms with Crippen LogP contribution in [0.3, 0.4) is 0 Å². The summed E-state index contributed by atoms with van der Waals surface area (Å²) >= 11 is 0. The Morgan fingerprint density at radius 3 is 2.82 bits per heavy atom. The number of carboxylic acid groups (broad SMARTS) is 1. The number of carbonyl (C=O) groups is 1. The van der Waals surface area contributed by atoms with E-state index in [-0.39, 0.29) is 18.6 Å². The van der Waals surface area contributed by atoms with Crippen molar-refractivity contribution in [2.75, 3.05) is 6.61 Å². The molecule has 4 nitrogen and oxygen atoms in total. The summed E-state index contributed by atoms with van der Waals surface area (Å²) in [7, 11) is 0. The minimum absolute atomic E-state index is 0.00394. The van der Waals surface area contributed by atoms with Gasteiger partial charge < -0.3 is 9.84 Å². The molecule has 0 saturated heterocycles. The molecular weight excluding hydrogens is 146 g/mol. The van der Waals surface area contributed by atoms with Gasteiger partial charge in [-0.2, -0.15) is 5.26 Å². The molecule has 1 rings (SSSR count). The second kappa shape index (κ2) is 3.35. The third-order valence-corrected chi connectivity index (χ3v) is 1.72. The van der Waals surface area contributed by atoms with E-state index >= 15 is 0 Å². The molecule has 0 heterocycles. The number of nitriles is 1. The third kappa shape index (κ3) is 2.20. The number of ether oxygens (including phenoxy) is 1. The second-order valence-electron chi connectivity index (χ2n) is 2.62. The maximum atomic E-state index is 10.0. The topological polar surface area (TPSA) is 70.3 Å². The molecule has 0 unspecified atom stereocenters. The van der Waals surface area contributed by atoms with Crippen molar-refractivity contribution < 1.29 is 14.6 Å². The molecule has 0 aliphatic heterocycles. The van der Waals surface area contributed by atoms with Crippen LogP contribution in [-0.2, 0) is 9.53 Å². The zero-order valence-electron chi connectivity index (χ0n) is 5.99. The fourth-order valence-corrected chi connectivity index (χ4v) is 0.996. The summed E-state index contributed by atoms with van der Waals surface area (Å²) in [6, 6.07) is 2.09. The average molecular weight is 155 g/mol. The highest BCUT2D eigenvalue weighted by molar-refractivity contribution is 5.68. The SMILES string of the molecule is N#C[C@H]1C[C@@H](OCC(=O)O)C1. The molecule has 1 aliphatic rings. The minimum Gasteiger partial charge on any atom is -0.480 e. The second-order valence-corrected chi connectivity index (χ2v) is 2.62. The fraction of sp³-hybridized carbons (Fsp3) is 0.714. The van der Waals surface area contributed by atoms with Gasteiger partial charge in [0, 0.05) is 0 Å². The largest absolute Gasteiger partial charge is 0.480 e. The van der Waals surface area contributed by atoms with E-state index in [1.54, 1.807) is 0 Å². The molecule has 0 bridgehead atoms. The van der Waals surface area contributed by atoms with Crippen LogP contribution in [-0.4, -0.2) is 23.8 Å². The summed E-state index contributed by atoms with van der Waals surface area (Å²) in [5.74, 6) is -0.876. The Morgan fingerprint density at radius 1 is 1.73 bits per heavy atom. The zero-order chi connectivity index (χ0) is 8.27. The van der Waals surface area contributed by atoms with Crippen LogP contribution in [0.25, 0.3) is 0 Å². The molecule has 1 aliphatic carbocycles. The van der Waals surface area contributed by atoms with Gasteiger partial charge in [-0.25, -0.2) is 4.79 Å². The van der Waals surface area contributed by atoms with Crippen LogP contribution in [0.5, 0.6) is 0 Å². The number of aliphatic carboxylic acids is 1. The summed E-state index contributed by atoms with van der Waals surface area (Å²) in [6.45, 7) is -0.247. The minimum atomic E-state index is -0.953. The van der Waals surface area contributed by atoms with Crippen molar-refractivity contribution in [3.05, 3.63) is 0 Å². The number of carboxylic acids is 1. The smallest absolute Gasteiger partial charge is 0.329 e. The van der Waals surface area contributed by atoms with E-state index in [4.69, 9.17) is 15.1 Å². The van der Waals surface area contributed by atoms with Crippen LogP contribution in [0.4, 0.5) is 0 Å². The first-order valence-electron chi connectivity index (χ1n) is 3.45. The first-order valence-corrected chi connectivity index (χ1v) is 3.45. The number of rotatable bonds is 3. The molecule has 60 valence electrons. The summed E-state index contributed by atoms with van der Waals surface area (Å²) in [4.78, 5) is 10.0. The quantitative estimate of drug-likeness (QED) is 0.640. The Morgan fingerprint density at radius 2 is 2.36 bits per heavy atom. The van der Waals surface area contributed by atoms with Crippen LogP contribution in [0.1, 0.15) is 12.8 Å². The zero-order valence-corrected chi connectivity index (χ0v) is 5.99. The van der Waals surface area contributed by atoms with Crippen molar-refractivity contribution in [2.24, 2.45) is 5.92 Å². The van der Waals surface area contributed by atoms with Crippen molar-refractivity contribution in [3.8, 4) is 6.07 Å². The molecule has 1 saturated carbocycles. The number of hydrogen-bond acceptors (Lipinski definition) is 3. The van der Waals surface area contributed by atoms with Gasteiger partial charge in [-0.1, -0.05) is 0 Å². The molecule has 11 heavy (non-hydrogen) atoms. The third-order valence-electron chi connectivity index (χ3n) is 1.72. The van der Waals surface area contributed by atoms with E-state index in [9.17, 15) is 4.79 Å². The highest BCUT2D eigenvalue weighted by atomic mass is 16.5. The molecule has 0 radical (unpaired) electrons. The monoisotopic (exact) mass is 155 g/mol. The molecule has 1 N–H and O–H groups in total. The summed E-state index contributed by atoms with van der Waals surface area (Å²) in [5.41, 5.74) is 0. The van der Waals surface area contributed by atoms with Crippen molar-refractivity contribution in [1.29, 1.82) is 5.26 Å². The predicted molar refractivity (Wildman–Crippen MR) is 35.7 cm³/mol. The average Bonchev–Trinajstić information content (AvgIpc) is 1.84. The van der Waals surface area contributed by atoms with Gasteiger partial charge in [0.25, 0.3) is 0 Å². The number of hydrogen-bond donors (Lipinski definition) is 1. The van der Waals surface area contributed by atoms with Crippen molar-refractivity contribution in [1.82, 2.24) is 0 Å². The van der Waals surface area contributed by atoms with Crippen molar-refractivity contribution >= 4 is 5.97 Å². The van der Waals surface area contributed by atoms with E-state index in [0.717, 1.165) is 0 Å². The Labute approximate surface area is 64.4 Å². The molecule has 0 aromatic heterocycles. The summed E-state index contributed by atoms with van der Waals surface area (Å²) in [5, 5.41) is 16.6. The first-order chi connectivity index (χ1) is 5.22. The lowest BCUT2D eigenvalue weighted by Gasteiger charge is -2.29. The molecule has 4 heteroatoms. The Kier molecular flexibility index (Phi) is 2.44. The van der Waals surface area contributed by atoms with Gasteiger partial charge in [-0.05, 0) is 12.8 Å². The molecule has 1 fully saturated rings. The van der Waals surface area contributed by atoms with Crippen LogP contribution in [0.2, 0.25) is 0 Å². The molecule has 0 aromatic carbocycles. The van der Waals surface area contributed by atoms with E-state index in [2.05, 4.69) is 6.07 Å². The van der Waals surface area contributed by atoms with E-state index in [1.807, 2.05) is 0 Å². The normalized spacial score (nSPS) is 28.6. The molecule has 0 amide bonds. The molecule has 0 aromatic rings. The summed E-state index contributed by atoms with van der Waals surface area (Å²) in [6.07, 6.45) is 1.36. The standard InChI is InChI=1S/C7H9NO3/c8-3-5-1-6(2-5)11-4-7(9)10/h5-6H,1-2,4H2,(H,9,10)/t5-,6+. The van der Waals surface area contributed by atoms with Gasteiger partial charge in [0.1, 0.15) is 6.61 Å². The maximum Gasteiger partial charge on any atom is 0.329 e. The lowest BCUT2D eigenvalue weighted by molar-refractivity contribution is -0.146. The van der Waals surface area contributed by atoms with E-state index in [0.29, 0.717) is 12.8 Å². The van der Waals surface area contributed by atoms with E-state index in [1.165, 1.54) is 0 Å². The fourth-order valence-electron chi connectivity index (χ4n) is 0.996. The van der Waals surface area contributed by atoms with Crippen LogP contribution < -0.4 is 0 Å². The Balaban J connectivity index is 2.06. The highest BCUT2D eigenvalue weighted by Crippen LogP contribution is 2.28. The Bertz CT molecular complexity index is 190. The first kappa shape index (κ1) is 8.02. The number of nitrogens with zero attached hydrogens (tertiary/aromatic N) is 1. The van der Waals surface area contributed by atoms with Gasteiger partial charge in [-0.3, -0.25) is 0 Å². The van der Waals surface area contributed by atoms with Crippen LogP contribution in [0, 0.1) is 17.2 Å². The van der Waals surface area contributed by atoms with Crippen LogP contribution in [0.15, 0.2) is 0 Å². The van der Waals surface area contributed by atoms with Gasteiger partial charge >= 0.3 is 5.97 Å². The molecule has 0 atom stereocenters. The van der Waals surface area contributed by atoms with E-state index < -0.39 is 5.97 Å². The summed E-state index contributed by atoms with van der Waals surface area (Å²) < 4.78 is 4.92. The maximum absolute atomic E-state index is 10.0. The Hall–Kier alpha value is -1.08. The van der Waals surface area contributed by atoms with Crippen molar-refractivity contribution in [2.45, 2.75) is 18.9 Å². The lowest BCUT2D eigenvalue weighted by atomic mass is 9.83. The van der Waals surface area contributed by atoms with Gasteiger partial charge in [0.2, 0.25) is 0 Å². The lowest BCUT2D eigenvalue weighted by Crippen LogP contribution is -2.31.